The summed E-state index contributed by atoms with van der Waals surface area (Å²) in [5.74, 6) is 1.37. The lowest BCUT2D eigenvalue weighted by Crippen LogP contribution is -2.29. The van der Waals surface area contributed by atoms with Crippen LogP contribution < -0.4 is 15.0 Å². The van der Waals surface area contributed by atoms with Crippen LogP contribution in [0.15, 0.2) is 69.0 Å². The first kappa shape index (κ1) is 26.2. The van der Waals surface area contributed by atoms with Gasteiger partial charge in [0, 0.05) is 37.1 Å². The van der Waals surface area contributed by atoms with Crippen LogP contribution in [0.4, 0.5) is 0 Å². The standard InChI is InChI=1S/C27H24BrCl2N3O3/c1-27(2,3)26-32-22-10-9-18(28)12-20(22)25(34)33(26)31-14-17-11-19(29)13-23(35-4)24(17)36-15-16-7-5-6-8-21(16)30/h5-14H,15H2,1-4H3. The Morgan fingerprint density at radius 1 is 1.11 bits per heavy atom. The van der Waals surface area contributed by atoms with Crippen LogP contribution in [0.2, 0.25) is 10.0 Å². The van der Waals surface area contributed by atoms with E-state index in [0.717, 1.165) is 10.0 Å². The summed E-state index contributed by atoms with van der Waals surface area (Å²) in [6.07, 6.45) is 1.53. The number of fused-ring (bicyclic) bond motifs is 1. The number of aromatic nitrogens is 2. The second-order valence-corrected chi connectivity index (χ2v) is 10.9. The third-order valence-corrected chi connectivity index (χ3v) is 6.47. The maximum absolute atomic E-state index is 13.5. The second-order valence-electron chi connectivity index (χ2n) is 9.11. The Morgan fingerprint density at radius 2 is 1.86 bits per heavy atom. The molecule has 0 radical (unpaired) electrons. The molecule has 0 unspecified atom stereocenters. The molecule has 0 amide bonds. The molecule has 0 aliphatic carbocycles. The Morgan fingerprint density at radius 3 is 2.56 bits per heavy atom. The molecule has 1 heterocycles. The summed E-state index contributed by atoms with van der Waals surface area (Å²) in [7, 11) is 1.53. The molecule has 1 aromatic heterocycles. The predicted octanol–water partition coefficient (Wildman–Crippen LogP) is 7.23. The molecule has 0 aliphatic rings. The fourth-order valence-electron chi connectivity index (χ4n) is 3.62. The van der Waals surface area contributed by atoms with Crippen molar-refractivity contribution in [1.29, 1.82) is 0 Å². The third kappa shape index (κ3) is 5.59. The van der Waals surface area contributed by atoms with E-state index in [4.69, 9.17) is 37.7 Å². The highest BCUT2D eigenvalue weighted by Gasteiger charge is 2.23. The van der Waals surface area contributed by atoms with E-state index in [1.165, 1.54) is 18.0 Å². The third-order valence-electron chi connectivity index (χ3n) is 5.39. The van der Waals surface area contributed by atoms with E-state index in [0.29, 0.717) is 43.8 Å². The van der Waals surface area contributed by atoms with Crippen LogP contribution in [0.1, 0.15) is 37.7 Å². The summed E-state index contributed by atoms with van der Waals surface area (Å²) in [6.45, 7) is 6.14. The van der Waals surface area contributed by atoms with Gasteiger partial charge in [-0.2, -0.15) is 9.78 Å². The van der Waals surface area contributed by atoms with E-state index in [1.807, 2.05) is 51.1 Å². The number of nitrogens with zero attached hydrogens (tertiary/aromatic N) is 3. The average molecular weight is 589 g/mol. The van der Waals surface area contributed by atoms with Crippen molar-refractivity contribution < 1.29 is 9.47 Å². The summed E-state index contributed by atoms with van der Waals surface area (Å²) in [4.78, 5) is 18.2. The molecule has 0 saturated carbocycles. The van der Waals surface area contributed by atoms with Gasteiger partial charge in [-0.25, -0.2) is 4.98 Å². The monoisotopic (exact) mass is 587 g/mol. The quantitative estimate of drug-likeness (QED) is 0.223. The number of methoxy groups -OCH3 is 1. The largest absolute Gasteiger partial charge is 0.493 e. The van der Waals surface area contributed by atoms with Crippen LogP contribution in [0, 0.1) is 0 Å². The van der Waals surface area contributed by atoms with Gasteiger partial charge < -0.3 is 9.47 Å². The van der Waals surface area contributed by atoms with Crippen LogP contribution >= 0.6 is 39.1 Å². The normalized spacial score (nSPS) is 11.9. The first-order valence-corrected chi connectivity index (χ1v) is 12.6. The summed E-state index contributed by atoms with van der Waals surface area (Å²) >= 11 is 16.1. The van der Waals surface area contributed by atoms with Crippen LogP contribution in [0.3, 0.4) is 0 Å². The minimum Gasteiger partial charge on any atom is -0.493 e. The van der Waals surface area contributed by atoms with Crippen molar-refractivity contribution >= 4 is 56.2 Å². The van der Waals surface area contributed by atoms with Gasteiger partial charge in [0.2, 0.25) is 0 Å². The van der Waals surface area contributed by atoms with Crippen molar-refractivity contribution in [3.63, 3.8) is 0 Å². The van der Waals surface area contributed by atoms with E-state index in [1.54, 1.807) is 24.3 Å². The Kier molecular flexibility index (Phi) is 7.73. The topological polar surface area (TPSA) is 65.7 Å². The predicted molar refractivity (Wildman–Crippen MR) is 149 cm³/mol. The molecule has 186 valence electrons. The van der Waals surface area contributed by atoms with E-state index in [2.05, 4.69) is 21.0 Å². The summed E-state index contributed by atoms with van der Waals surface area (Å²) in [6, 6.07) is 16.2. The van der Waals surface area contributed by atoms with Crippen molar-refractivity contribution in [3.05, 3.63) is 96.4 Å². The maximum Gasteiger partial charge on any atom is 0.282 e. The highest BCUT2D eigenvalue weighted by Crippen LogP contribution is 2.35. The van der Waals surface area contributed by atoms with Crippen molar-refractivity contribution in [2.24, 2.45) is 5.10 Å². The average Bonchev–Trinajstić information content (AvgIpc) is 2.83. The molecule has 36 heavy (non-hydrogen) atoms. The minimum absolute atomic E-state index is 0.206. The number of rotatable bonds is 6. The first-order chi connectivity index (χ1) is 17.1. The Hall–Kier alpha value is -2.87. The molecule has 0 spiro atoms. The number of ether oxygens (including phenoxy) is 2. The molecule has 4 rings (SSSR count). The van der Waals surface area contributed by atoms with Gasteiger partial charge in [0.05, 0.1) is 24.2 Å². The fourth-order valence-corrected chi connectivity index (χ4v) is 4.39. The second kappa shape index (κ2) is 10.6. The SMILES string of the molecule is COc1cc(Cl)cc(C=Nn2c(C(C)(C)C)nc3ccc(Br)cc3c2=O)c1OCc1ccccc1Cl. The Bertz CT molecular complexity index is 1530. The number of hydrogen-bond acceptors (Lipinski definition) is 5. The lowest BCUT2D eigenvalue weighted by molar-refractivity contribution is 0.284. The summed E-state index contributed by atoms with van der Waals surface area (Å²) in [5, 5.41) is 6.03. The molecule has 0 fully saturated rings. The van der Waals surface area contributed by atoms with Gasteiger partial charge in [-0.15, -0.1) is 0 Å². The molecular weight excluding hydrogens is 565 g/mol. The molecule has 0 bridgehead atoms. The van der Waals surface area contributed by atoms with Gasteiger partial charge in [0.1, 0.15) is 12.4 Å². The van der Waals surface area contributed by atoms with Gasteiger partial charge in [0.15, 0.2) is 11.5 Å². The molecule has 0 saturated heterocycles. The van der Waals surface area contributed by atoms with E-state index < -0.39 is 5.41 Å². The van der Waals surface area contributed by atoms with Gasteiger partial charge in [-0.05, 0) is 30.3 Å². The molecule has 3 aromatic carbocycles. The van der Waals surface area contributed by atoms with Gasteiger partial charge in [-0.3, -0.25) is 4.79 Å². The highest BCUT2D eigenvalue weighted by atomic mass is 79.9. The van der Waals surface area contributed by atoms with Crippen molar-refractivity contribution in [1.82, 2.24) is 9.66 Å². The van der Waals surface area contributed by atoms with E-state index in [9.17, 15) is 4.79 Å². The van der Waals surface area contributed by atoms with Crippen LogP contribution in [0.25, 0.3) is 10.9 Å². The molecular formula is C27H24BrCl2N3O3. The van der Waals surface area contributed by atoms with Gasteiger partial charge >= 0.3 is 0 Å². The first-order valence-electron chi connectivity index (χ1n) is 11.1. The van der Waals surface area contributed by atoms with Gasteiger partial charge in [-0.1, -0.05) is 78.1 Å². The number of halogens is 3. The molecule has 0 atom stereocenters. The van der Waals surface area contributed by atoms with E-state index >= 15 is 0 Å². The number of benzene rings is 3. The van der Waals surface area contributed by atoms with Gasteiger partial charge in [0.25, 0.3) is 5.56 Å². The van der Waals surface area contributed by atoms with Crippen molar-refractivity contribution in [2.75, 3.05) is 7.11 Å². The summed E-state index contributed by atoms with van der Waals surface area (Å²) in [5.41, 5.74) is 1.22. The van der Waals surface area contributed by atoms with Crippen LogP contribution in [0.5, 0.6) is 11.5 Å². The Balaban J connectivity index is 1.83. The summed E-state index contributed by atoms with van der Waals surface area (Å²) < 4.78 is 13.7. The zero-order chi connectivity index (χ0) is 26.0. The highest BCUT2D eigenvalue weighted by molar-refractivity contribution is 9.10. The molecule has 0 aliphatic heterocycles. The van der Waals surface area contributed by atoms with Crippen LogP contribution in [-0.2, 0) is 12.0 Å². The molecule has 9 heteroatoms. The lowest BCUT2D eigenvalue weighted by Gasteiger charge is -2.21. The number of hydrogen-bond donors (Lipinski definition) is 0. The van der Waals surface area contributed by atoms with Crippen molar-refractivity contribution in [2.45, 2.75) is 32.8 Å². The molecule has 0 N–H and O–H groups in total. The van der Waals surface area contributed by atoms with Crippen LogP contribution in [-0.4, -0.2) is 23.0 Å². The molecule has 4 aromatic rings. The smallest absolute Gasteiger partial charge is 0.282 e. The maximum atomic E-state index is 13.5. The Labute approximate surface area is 227 Å². The van der Waals surface area contributed by atoms with E-state index in [-0.39, 0.29) is 12.2 Å². The minimum atomic E-state index is -0.451. The zero-order valence-electron chi connectivity index (χ0n) is 20.2. The van der Waals surface area contributed by atoms with Crippen molar-refractivity contribution in [3.8, 4) is 11.5 Å². The fraction of sp³-hybridized carbons (Fsp3) is 0.222. The lowest BCUT2D eigenvalue weighted by atomic mass is 9.95. The molecule has 6 nitrogen and oxygen atoms in total. The zero-order valence-corrected chi connectivity index (χ0v) is 23.3.